The molecule has 2 N–H and O–H groups in total. The van der Waals surface area contributed by atoms with Gasteiger partial charge in [0.15, 0.2) is 0 Å². The average Bonchev–Trinajstić information content (AvgIpc) is 2.95. The molecule has 3 aromatic carbocycles. The second kappa shape index (κ2) is 9.77. The van der Waals surface area contributed by atoms with Gasteiger partial charge < -0.3 is 15.5 Å². The lowest BCUT2D eigenvalue weighted by Crippen LogP contribution is -2.53. The van der Waals surface area contributed by atoms with E-state index in [9.17, 15) is 14.0 Å². The quantitative estimate of drug-likeness (QED) is 0.520. The number of urea groups is 1. The van der Waals surface area contributed by atoms with Crippen molar-refractivity contribution < 1.29 is 14.0 Å². The molecule has 0 spiro atoms. The fourth-order valence-corrected chi connectivity index (χ4v) is 4.17. The number of hydrogen-bond donors (Lipinski definition) is 2. The topological polar surface area (TPSA) is 73.8 Å². The zero-order chi connectivity index (χ0) is 26.0. The Kier molecular flexibility index (Phi) is 6.75. The molecule has 36 heavy (non-hydrogen) atoms. The molecule has 0 bridgehead atoms. The number of likely N-dealkylation sites (N-methyl/N-ethyl adjacent to an activating group) is 1. The van der Waals surface area contributed by atoms with Crippen LogP contribution in [-0.2, 0) is 10.3 Å². The van der Waals surface area contributed by atoms with Gasteiger partial charge in [-0.05, 0) is 56.2 Å². The minimum Gasteiger partial charge on any atom is -0.329 e. The highest BCUT2D eigenvalue weighted by Crippen LogP contribution is 2.28. The van der Waals surface area contributed by atoms with Crippen molar-refractivity contribution in [3.8, 4) is 0 Å². The Morgan fingerprint density at radius 3 is 2.39 bits per heavy atom. The number of aliphatic imine (C=N–C) groups is 1. The van der Waals surface area contributed by atoms with Gasteiger partial charge in [0.25, 0.3) is 5.91 Å². The summed E-state index contributed by atoms with van der Waals surface area (Å²) in [5.74, 6) is -0.907. The third-order valence-electron chi connectivity index (χ3n) is 6.24. The number of hydrogen-bond acceptors (Lipinski definition) is 3. The Balaban J connectivity index is 1.67. The van der Waals surface area contributed by atoms with Crippen LogP contribution in [0.15, 0.2) is 84.4 Å². The van der Waals surface area contributed by atoms with Crippen LogP contribution < -0.4 is 15.5 Å². The van der Waals surface area contributed by atoms with E-state index in [1.54, 1.807) is 49.5 Å². The number of para-hydroxylation sites is 1. The second-order valence-electron chi connectivity index (χ2n) is 9.36. The number of anilines is 1. The van der Waals surface area contributed by atoms with Crippen molar-refractivity contribution in [3.05, 3.63) is 107 Å². The van der Waals surface area contributed by atoms with Crippen molar-refractivity contribution in [1.82, 2.24) is 10.6 Å². The van der Waals surface area contributed by atoms with Crippen molar-refractivity contribution in [1.29, 1.82) is 0 Å². The molecule has 0 saturated carbocycles. The van der Waals surface area contributed by atoms with E-state index in [0.29, 0.717) is 17.0 Å². The number of allylic oxidation sites excluding steroid dienone is 1. The third-order valence-corrected chi connectivity index (χ3v) is 6.24. The molecular weight excluding hydrogens is 455 g/mol. The molecule has 0 fully saturated rings. The van der Waals surface area contributed by atoms with Gasteiger partial charge in [0.1, 0.15) is 5.82 Å². The predicted octanol–water partition coefficient (Wildman–Crippen LogP) is 5.23. The molecule has 1 atom stereocenters. The Bertz CT molecular complexity index is 1380. The molecule has 1 aliphatic heterocycles. The molecule has 1 unspecified atom stereocenters. The number of nitrogens with zero attached hydrogens (tertiary/aromatic N) is 2. The van der Waals surface area contributed by atoms with Crippen molar-refractivity contribution in [2.24, 2.45) is 4.99 Å². The van der Waals surface area contributed by atoms with Crippen molar-refractivity contribution in [2.45, 2.75) is 32.5 Å². The van der Waals surface area contributed by atoms with Gasteiger partial charge in [0.05, 0.1) is 16.9 Å². The van der Waals surface area contributed by atoms with Crippen LogP contribution in [-0.4, -0.2) is 30.9 Å². The van der Waals surface area contributed by atoms with E-state index in [2.05, 4.69) is 22.2 Å². The number of rotatable bonds is 5. The molecule has 3 amide bonds. The molecular formula is C29H29FN4O2. The van der Waals surface area contributed by atoms with Crippen LogP contribution in [0.5, 0.6) is 0 Å². The Morgan fingerprint density at radius 2 is 1.69 bits per heavy atom. The Hall–Kier alpha value is -4.26. The molecule has 1 heterocycles. The van der Waals surface area contributed by atoms with Crippen molar-refractivity contribution in [2.75, 3.05) is 11.9 Å². The summed E-state index contributed by atoms with van der Waals surface area (Å²) in [6, 6.07) is 20.6. The number of benzodiazepines with no additional fused rings is 1. The van der Waals surface area contributed by atoms with Crippen LogP contribution in [0.1, 0.15) is 43.0 Å². The molecule has 184 valence electrons. The standard InChI is InChI=1S/C29H29FN4O2/c1-18(2)19-11-10-12-20(17-19)29(3,4)33-28(36)32-26-27(35)34(5)24-16-9-7-14-22(24)25(31-26)21-13-6-8-15-23(21)30/h6-17,26H,1H2,2-5H3,(H2,32,33,36). The number of nitrogens with one attached hydrogen (secondary N) is 2. The zero-order valence-electron chi connectivity index (χ0n) is 20.8. The maximum Gasteiger partial charge on any atom is 0.317 e. The van der Waals surface area contributed by atoms with Gasteiger partial charge >= 0.3 is 6.03 Å². The summed E-state index contributed by atoms with van der Waals surface area (Å²) in [5.41, 5.74) is 3.73. The number of halogens is 1. The van der Waals surface area contributed by atoms with Gasteiger partial charge in [0.2, 0.25) is 6.17 Å². The van der Waals surface area contributed by atoms with Gasteiger partial charge in [0, 0.05) is 18.2 Å². The lowest BCUT2D eigenvalue weighted by molar-refractivity contribution is -0.119. The Morgan fingerprint density at radius 1 is 1.03 bits per heavy atom. The molecule has 6 nitrogen and oxygen atoms in total. The first-order valence-electron chi connectivity index (χ1n) is 11.6. The summed E-state index contributed by atoms with van der Waals surface area (Å²) in [5, 5.41) is 5.62. The molecule has 0 aliphatic carbocycles. The summed E-state index contributed by atoms with van der Waals surface area (Å²) in [6.07, 6.45) is -1.26. The Labute approximate surface area is 210 Å². The number of carbonyl (C=O) groups excluding carboxylic acids is 2. The lowest BCUT2D eigenvalue weighted by Gasteiger charge is -2.28. The van der Waals surface area contributed by atoms with E-state index in [1.807, 2.05) is 45.0 Å². The van der Waals surface area contributed by atoms with Crippen LogP contribution in [0.25, 0.3) is 5.57 Å². The fourth-order valence-electron chi connectivity index (χ4n) is 4.17. The molecule has 4 rings (SSSR count). The SMILES string of the molecule is C=C(C)c1cccc(C(C)(C)NC(=O)NC2N=C(c3ccccc3F)c3ccccc3N(C)C2=O)c1. The minimum absolute atomic E-state index is 0.247. The summed E-state index contributed by atoms with van der Waals surface area (Å²) in [7, 11) is 1.61. The van der Waals surface area contributed by atoms with Crippen molar-refractivity contribution in [3.63, 3.8) is 0 Å². The maximum atomic E-state index is 14.8. The predicted molar refractivity (Wildman–Crippen MR) is 142 cm³/mol. The summed E-state index contributed by atoms with van der Waals surface area (Å²) < 4.78 is 14.8. The highest BCUT2D eigenvalue weighted by Gasteiger charge is 2.33. The minimum atomic E-state index is -1.26. The van der Waals surface area contributed by atoms with Crippen LogP contribution in [0.4, 0.5) is 14.9 Å². The number of fused-ring (bicyclic) bond motifs is 1. The highest BCUT2D eigenvalue weighted by molar-refractivity contribution is 6.20. The first kappa shape index (κ1) is 24.9. The molecule has 1 aliphatic rings. The molecule has 0 radical (unpaired) electrons. The average molecular weight is 485 g/mol. The first-order chi connectivity index (χ1) is 17.1. The summed E-state index contributed by atoms with van der Waals surface area (Å²) >= 11 is 0. The third kappa shape index (κ3) is 4.91. The molecule has 7 heteroatoms. The van der Waals surface area contributed by atoms with E-state index < -0.39 is 29.5 Å². The normalized spacial score (nSPS) is 15.5. The molecule has 0 saturated heterocycles. The van der Waals surface area contributed by atoms with E-state index in [-0.39, 0.29) is 5.56 Å². The van der Waals surface area contributed by atoms with Crippen LogP contribution >= 0.6 is 0 Å². The van der Waals surface area contributed by atoms with E-state index >= 15 is 0 Å². The van der Waals surface area contributed by atoms with Crippen molar-refractivity contribution >= 4 is 28.9 Å². The summed E-state index contributed by atoms with van der Waals surface area (Å²) in [6.45, 7) is 9.64. The van der Waals surface area contributed by atoms with Gasteiger partial charge in [-0.15, -0.1) is 0 Å². The maximum absolute atomic E-state index is 14.8. The monoisotopic (exact) mass is 484 g/mol. The fraction of sp³-hybridized carbons (Fsp3) is 0.207. The van der Waals surface area contributed by atoms with Gasteiger partial charge in [-0.2, -0.15) is 0 Å². The van der Waals surface area contributed by atoms with Crippen LogP contribution in [0.2, 0.25) is 0 Å². The first-order valence-corrected chi connectivity index (χ1v) is 11.6. The van der Waals surface area contributed by atoms with E-state index in [4.69, 9.17) is 0 Å². The lowest BCUT2D eigenvalue weighted by atomic mass is 9.92. The molecule has 0 aromatic heterocycles. The summed E-state index contributed by atoms with van der Waals surface area (Å²) in [4.78, 5) is 32.4. The highest BCUT2D eigenvalue weighted by atomic mass is 19.1. The van der Waals surface area contributed by atoms with Crippen LogP contribution in [0, 0.1) is 5.82 Å². The van der Waals surface area contributed by atoms with Gasteiger partial charge in [-0.25, -0.2) is 14.2 Å². The van der Waals surface area contributed by atoms with Crippen LogP contribution in [0.3, 0.4) is 0 Å². The number of amides is 3. The molecule has 3 aromatic rings. The smallest absolute Gasteiger partial charge is 0.317 e. The van der Waals surface area contributed by atoms with Gasteiger partial charge in [-0.3, -0.25) is 4.79 Å². The van der Waals surface area contributed by atoms with Gasteiger partial charge in [-0.1, -0.05) is 60.7 Å². The second-order valence-corrected chi connectivity index (χ2v) is 9.36. The number of benzene rings is 3. The van der Waals surface area contributed by atoms with E-state index in [0.717, 1.165) is 16.7 Å². The zero-order valence-corrected chi connectivity index (χ0v) is 20.8. The number of carbonyl (C=O) groups is 2. The van der Waals surface area contributed by atoms with E-state index in [1.165, 1.54) is 11.0 Å². The largest absolute Gasteiger partial charge is 0.329 e.